The van der Waals surface area contributed by atoms with Crippen LogP contribution in [-0.4, -0.2) is 53.8 Å². The van der Waals surface area contributed by atoms with Crippen LogP contribution in [0.1, 0.15) is 36.0 Å². The van der Waals surface area contributed by atoms with E-state index in [1.807, 2.05) is 0 Å². The lowest BCUT2D eigenvalue weighted by Gasteiger charge is -2.40. The summed E-state index contributed by atoms with van der Waals surface area (Å²) in [5, 5.41) is 3.73. The van der Waals surface area contributed by atoms with Crippen LogP contribution >= 0.6 is 23.2 Å². The fraction of sp³-hybridized carbons (Fsp3) is 0.417. The number of hydrogen-bond acceptors (Lipinski definition) is 3. The van der Waals surface area contributed by atoms with Gasteiger partial charge in [0.25, 0.3) is 5.91 Å². The quantitative estimate of drug-likeness (QED) is 0.652. The number of nitrogens with one attached hydrogen (secondary N) is 1. The van der Waals surface area contributed by atoms with Crippen molar-refractivity contribution >= 4 is 40.7 Å². The number of carbonyl (C=O) groups excluding carboxylic acids is 2. The highest BCUT2D eigenvalue weighted by atomic mass is 35.5. The second-order valence-electron chi connectivity index (χ2n) is 8.44. The van der Waals surface area contributed by atoms with Crippen LogP contribution in [0, 0.1) is 11.7 Å². The first-order chi connectivity index (χ1) is 15.4. The average Bonchev–Trinajstić information content (AvgIpc) is 3.32. The lowest BCUT2D eigenvalue weighted by molar-refractivity contribution is -0.123. The Labute approximate surface area is 197 Å². The third-order valence-electron chi connectivity index (χ3n) is 6.39. The number of benzene rings is 2. The van der Waals surface area contributed by atoms with E-state index < -0.39 is 0 Å². The Balaban J connectivity index is 1.43. The maximum absolute atomic E-state index is 13.2. The fourth-order valence-electron chi connectivity index (χ4n) is 4.72. The molecule has 0 bridgehead atoms. The highest BCUT2D eigenvalue weighted by Crippen LogP contribution is 2.32. The molecule has 4 rings (SSSR count). The number of anilines is 1. The summed E-state index contributed by atoms with van der Waals surface area (Å²) >= 11 is 12.0. The van der Waals surface area contributed by atoms with Crippen molar-refractivity contribution < 1.29 is 14.0 Å². The van der Waals surface area contributed by atoms with Gasteiger partial charge in [-0.3, -0.25) is 14.5 Å². The number of carbonyl (C=O) groups is 2. The van der Waals surface area contributed by atoms with Crippen LogP contribution in [0.4, 0.5) is 10.1 Å². The van der Waals surface area contributed by atoms with Crippen molar-refractivity contribution in [2.75, 3.05) is 31.5 Å². The lowest BCUT2D eigenvalue weighted by Crippen LogP contribution is -2.56. The van der Waals surface area contributed by atoms with Crippen LogP contribution < -0.4 is 5.32 Å². The zero-order valence-corrected chi connectivity index (χ0v) is 19.2. The Morgan fingerprint density at radius 1 is 0.938 bits per heavy atom. The second kappa shape index (κ2) is 10.2. The number of piperazine rings is 1. The maximum atomic E-state index is 13.2. The Kier molecular flexibility index (Phi) is 7.33. The second-order valence-corrected chi connectivity index (χ2v) is 9.26. The summed E-state index contributed by atoms with van der Waals surface area (Å²) in [7, 11) is 0. The Bertz CT molecular complexity index is 972. The SMILES string of the molecule is O=C(Nc1ccc(F)cc1)[C@@H](C1CCCC1)N1CCN(C(=O)c2ccc(Cl)c(Cl)c2)CC1. The third kappa shape index (κ3) is 5.25. The molecule has 2 amide bonds. The number of halogens is 3. The summed E-state index contributed by atoms with van der Waals surface area (Å²) in [5.74, 6) is -0.199. The monoisotopic (exact) mass is 477 g/mol. The van der Waals surface area contributed by atoms with Crippen LogP contribution in [-0.2, 0) is 4.79 Å². The van der Waals surface area contributed by atoms with E-state index in [1.54, 1.807) is 35.2 Å². The molecule has 1 saturated heterocycles. The Morgan fingerprint density at radius 2 is 1.59 bits per heavy atom. The lowest BCUT2D eigenvalue weighted by atomic mass is 9.94. The van der Waals surface area contributed by atoms with Crippen molar-refractivity contribution in [1.82, 2.24) is 9.80 Å². The topological polar surface area (TPSA) is 52.7 Å². The van der Waals surface area contributed by atoms with E-state index in [0.29, 0.717) is 47.5 Å². The van der Waals surface area contributed by atoms with Gasteiger partial charge in [0.2, 0.25) is 5.91 Å². The van der Waals surface area contributed by atoms with Crippen LogP contribution in [0.5, 0.6) is 0 Å². The Hall–Kier alpha value is -2.15. The third-order valence-corrected chi connectivity index (χ3v) is 7.13. The normalized spacial score (nSPS) is 18.5. The van der Waals surface area contributed by atoms with E-state index in [0.717, 1.165) is 25.7 Å². The van der Waals surface area contributed by atoms with Crippen LogP contribution in [0.2, 0.25) is 10.0 Å². The summed E-state index contributed by atoms with van der Waals surface area (Å²) in [6.45, 7) is 2.30. The minimum Gasteiger partial charge on any atom is -0.336 e. The molecule has 170 valence electrons. The summed E-state index contributed by atoms with van der Waals surface area (Å²) in [5.41, 5.74) is 1.10. The molecule has 2 aromatic rings. The molecule has 1 N–H and O–H groups in total. The van der Waals surface area contributed by atoms with E-state index in [-0.39, 0.29) is 29.6 Å². The van der Waals surface area contributed by atoms with Crippen LogP contribution in [0.15, 0.2) is 42.5 Å². The molecule has 1 saturated carbocycles. The Morgan fingerprint density at radius 3 is 2.22 bits per heavy atom. The molecule has 2 fully saturated rings. The van der Waals surface area contributed by atoms with Gasteiger partial charge in [0.05, 0.1) is 16.1 Å². The fourth-order valence-corrected chi connectivity index (χ4v) is 5.01. The standard InChI is InChI=1S/C24H26Cl2FN3O2/c25-20-10-5-17(15-21(20)26)24(32)30-13-11-29(12-14-30)22(16-3-1-2-4-16)23(31)28-19-8-6-18(27)7-9-19/h5-10,15-16,22H,1-4,11-14H2,(H,28,31)/t22-/m1/s1. The molecule has 5 nitrogen and oxygen atoms in total. The minimum absolute atomic E-state index is 0.0623. The van der Waals surface area contributed by atoms with Gasteiger partial charge < -0.3 is 10.2 Å². The van der Waals surface area contributed by atoms with Gasteiger partial charge in [-0.05, 0) is 61.2 Å². The number of nitrogens with zero attached hydrogens (tertiary/aromatic N) is 2. The van der Waals surface area contributed by atoms with Gasteiger partial charge in [-0.1, -0.05) is 36.0 Å². The van der Waals surface area contributed by atoms with Gasteiger partial charge in [-0.25, -0.2) is 4.39 Å². The van der Waals surface area contributed by atoms with Crippen molar-refractivity contribution in [3.63, 3.8) is 0 Å². The maximum Gasteiger partial charge on any atom is 0.253 e. The van der Waals surface area contributed by atoms with Gasteiger partial charge in [-0.15, -0.1) is 0 Å². The molecule has 32 heavy (non-hydrogen) atoms. The van der Waals surface area contributed by atoms with Crippen molar-refractivity contribution in [1.29, 1.82) is 0 Å². The molecule has 0 aromatic heterocycles. The zero-order valence-electron chi connectivity index (χ0n) is 17.7. The molecular formula is C24H26Cl2FN3O2. The molecule has 0 spiro atoms. The molecule has 8 heteroatoms. The van der Waals surface area contributed by atoms with Crippen molar-refractivity contribution in [2.24, 2.45) is 5.92 Å². The van der Waals surface area contributed by atoms with Crippen molar-refractivity contribution in [2.45, 2.75) is 31.7 Å². The molecule has 1 aliphatic heterocycles. The van der Waals surface area contributed by atoms with E-state index >= 15 is 0 Å². The summed E-state index contributed by atoms with van der Waals surface area (Å²) in [6, 6.07) is 10.5. The summed E-state index contributed by atoms with van der Waals surface area (Å²) < 4.78 is 13.2. The molecule has 0 unspecified atom stereocenters. The number of hydrogen-bond donors (Lipinski definition) is 1. The van der Waals surface area contributed by atoms with Crippen LogP contribution in [0.3, 0.4) is 0 Å². The van der Waals surface area contributed by atoms with E-state index in [4.69, 9.17) is 23.2 Å². The first-order valence-electron chi connectivity index (χ1n) is 11.0. The molecule has 1 heterocycles. The summed E-state index contributed by atoms with van der Waals surface area (Å²) in [6.07, 6.45) is 4.29. The average molecular weight is 478 g/mol. The summed E-state index contributed by atoms with van der Waals surface area (Å²) in [4.78, 5) is 30.1. The molecule has 2 aromatic carbocycles. The van der Waals surface area contributed by atoms with Crippen molar-refractivity contribution in [3.05, 3.63) is 63.9 Å². The highest BCUT2D eigenvalue weighted by Gasteiger charge is 2.37. The van der Waals surface area contributed by atoms with Gasteiger partial charge >= 0.3 is 0 Å². The predicted molar refractivity (Wildman–Crippen MR) is 125 cm³/mol. The number of amides is 2. The van der Waals surface area contributed by atoms with Gasteiger partial charge in [0, 0.05) is 37.4 Å². The van der Waals surface area contributed by atoms with Gasteiger partial charge in [-0.2, -0.15) is 0 Å². The van der Waals surface area contributed by atoms with E-state index in [9.17, 15) is 14.0 Å². The molecule has 1 aliphatic carbocycles. The van der Waals surface area contributed by atoms with Gasteiger partial charge in [0.1, 0.15) is 5.82 Å². The molecule has 2 aliphatic rings. The highest BCUT2D eigenvalue weighted by molar-refractivity contribution is 6.42. The minimum atomic E-state index is -0.335. The first-order valence-corrected chi connectivity index (χ1v) is 11.7. The smallest absolute Gasteiger partial charge is 0.253 e. The van der Waals surface area contributed by atoms with E-state index in [1.165, 1.54) is 12.1 Å². The predicted octanol–water partition coefficient (Wildman–Crippen LogP) is 5.09. The molecular weight excluding hydrogens is 452 g/mol. The first kappa shape index (κ1) is 23.0. The zero-order chi connectivity index (χ0) is 22.7. The van der Waals surface area contributed by atoms with Crippen LogP contribution in [0.25, 0.3) is 0 Å². The van der Waals surface area contributed by atoms with Gasteiger partial charge in [0.15, 0.2) is 0 Å². The molecule has 0 radical (unpaired) electrons. The molecule has 1 atom stereocenters. The largest absolute Gasteiger partial charge is 0.336 e. The number of rotatable bonds is 5. The van der Waals surface area contributed by atoms with E-state index in [2.05, 4.69) is 10.2 Å². The van der Waals surface area contributed by atoms with Crippen molar-refractivity contribution in [3.8, 4) is 0 Å².